The number of anilines is 1. The van der Waals surface area contributed by atoms with E-state index in [1.807, 2.05) is 6.07 Å². The Morgan fingerprint density at radius 1 is 1.47 bits per heavy atom. The van der Waals surface area contributed by atoms with Gasteiger partial charge in [-0.05, 0) is 23.4 Å². The molecule has 1 aromatic carbocycles. The Labute approximate surface area is 104 Å². The van der Waals surface area contributed by atoms with Crippen LogP contribution in [0.25, 0.3) is 0 Å². The summed E-state index contributed by atoms with van der Waals surface area (Å²) in [5, 5.41) is 15.4. The van der Waals surface area contributed by atoms with Crippen LogP contribution in [0.15, 0.2) is 18.2 Å². The number of nitrogens with zero attached hydrogens (tertiary/aromatic N) is 4. The summed E-state index contributed by atoms with van der Waals surface area (Å²) in [5.41, 5.74) is 0.878. The molecule has 0 bridgehead atoms. The third-order valence-electron chi connectivity index (χ3n) is 2.15. The molecule has 7 heteroatoms. The van der Waals surface area contributed by atoms with Crippen LogP contribution in [-0.2, 0) is 13.6 Å². The number of halogens is 1. The van der Waals surface area contributed by atoms with Crippen molar-refractivity contribution >= 4 is 17.3 Å². The summed E-state index contributed by atoms with van der Waals surface area (Å²) >= 11 is 6.00. The van der Waals surface area contributed by atoms with E-state index in [9.17, 15) is 0 Å². The Morgan fingerprint density at radius 2 is 2.29 bits per heavy atom. The van der Waals surface area contributed by atoms with Crippen molar-refractivity contribution in [3.63, 3.8) is 0 Å². The van der Waals surface area contributed by atoms with Crippen molar-refractivity contribution in [3.8, 4) is 5.75 Å². The fourth-order valence-corrected chi connectivity index (χ4v) is 1.61. The Balaban J connectivity index is 2.02. The molecule has 1 heterocycles. The lowest BCUT2D eigenvalue weighted by Crippen LogP contribution is -2.02. The molecule has 0 atom stereocenters. The number of aromatic nitrogens is 4. The van der Waals surface area contributed by atoms with E-state index in [1.165, 1.54) is 4.80 Å². The van der Waals surface area contributed by atoms with Crippen LogP contribution >= 0.6 is 11.6 Å². The van der Waals surface area contributed by atoms with E-state index in [0.29, 0.717) is 23.1 Å². The molecule has 1 aromatic heterocycles. The lowest BCUT2D eigenvalue weighted by Gasteiger charge is -2.07. The summed E-state index contributed by atoms with van der Waals surface area (Å²) in [5.74, 6) is 1.27. The summed E-state index contributed by atoms with van der Waals surface area (Å²) in [6.07, 6.45) is 0. The molecule has 0 unspecified atom stereocenters. The lowest BCUT2D eigenvalue weighted by molar-refractivity contribution is 0.415. The van der Waals surface area contributed by atoms with Gasteiger partial charge < -0.3 is 10.1 Å². The summed E-state index contributed by atoms with van der Waals surface area (Å²) in [6.45, 7) is 0.497. The number of rotatable bonds is 4. The maximum absolute atomic E-state index is 6.00. The minimum atomic E-state index is 0.497. The second kappa shape index (κ2) is 5.01. The quantitative estimate of drug-likeness (QED) is 0.894. The average molecular weight is 254 g/mol. The zero-order chi connectivity index (χ0) is 12.3. The van der Waals surface area contributed by atoms with E-state index >= 15 is 0 Å². The highest BCUT2D eigenvalue weighted by molar-refractivity contribution is 6.32. The number of ether oxygens (including phenoxy) is 1. The molecule has 0 fully saturated rings. The maximum atomic E-state index is 6.00. The Bertz CT molecular complexity index is 513. The molecule has 90 valence electrons. The first-order chi connectivity index (χ1) is 8.19. The highest BCUT2D eigenvalue weighted by Gasteiger charge is 2.03. The molecule has 0 amide bonds. The van der Waals surface area contributed by atoms with Gasteiger partial charge in [0, 0.05) is 5.69 Å². The first kappa shape index (κ1) is 11.7. The number of hydrogen-bond acceptors (Lipinski definition) is 5. The van der Waals surface area contributed by atoms with Crippen molar-refractivity contribution in [2.24, 2.45) is 7.05 Å². The van der Waals surface area contributed by atoms with Crippen LogP contribution < -0.4 is 10.1 Å². The number of benzene rings is 1. The molecule has 2 rings (SSSR count). The van der Waals surface area contributed by atoms with Crippen LogP contribution in [0.2, 0.25) is 5.02 Å². The molecule has 0 saturated carbocycles. The molecule has 17 heavy (non-hydrogen) atoms. The van der Waals surface area contributed by atoms with Crippen LogP contribution in [0.5, 0.6) is 5.75 Å². The van der Waals surface area contributed by atoms with Crippen LogP contribution in [0.4, 0.5) is 5.69 Å². The van der Waals surface area contributed by atoms with Crippen LogP contribution in [0.3, 0.4) is 0 Å². The van der Waals surface area contributed by atoms with E-state index < -0.39 is 0 Å². The Morgan fingerprint density at radius 3 is 2.88 bits per heavy atom. The molecular weight excluding hydrogens is 242 g/mol. The molecule has 1 N–H and O–H groups in total. The van der Waals surface area contributed by atoms with Gasteiger partial charge in [-0.3, -0.25) is 0 Å². The van der Waals surface area contributed by atoms with Crippen molar-refractivity contribution in [1.82, 2.24) is 20.2 Å². The van der Waals surface area contributed by atoms with Crippen molar-refractivity contribution in [3.05, 3.63) is 29.0 Å². The number of nitrogens with one attached hydrogen (secondary N) is 1. The van der Waals surface area contributed by atoms with E-state index in [4.69, 9.17) is 16.3 Å². The van der Waals surface area contributed by atoms with Gasteiger partial charge in [0.15, 0.2) is 5.82 Å². The minimum absolute atomic E-state index is 0.497. The third kappa shape index (κ3) is 2.85. The second-order valence-corrected chi connectivity index (χ2v) is 3.81. The van der Waals surface area contributed by atoms with E-state index in [1.54, 1.807) is 26.3 Å². The molecule has 6 nitrogen and oxygen atoms in total. The van der Waals surface area contributed by atoms with Gasteiger partial charge in [-0.15, -0.1) is 10.2 Å². The molecule has 0 saturated heterocycles. The normalized spacial score (nSPS) is 10.3. The number of hydrogen-bond donors (Lipinski definition) is 1. The van der Waals surface area contributed by atoms with Crippen molar-refractivity contribution in [2.75, 3.05) is 12.4 Å². The van der Waals surface area contributed by atoms with Gasteiger partial charge in [-0.25, -0.2) is 0 Å². The predicted octanol–water partition coefficient (Wildman–Crippen LogP) is 1.48. The van der Waals surface area contributed by atoms with Crippen molar-refractivity contribution in [2.45, 2.75) is 6.54 Å². The smallest absolute Gasteiger partial charge is 0.193 e. The standard InChI is InChI=1S/C10H12ClN5O/c1-16-14-10(13-15-16)6-12-7-3-4-9(17-2)8(11)5-7/h3-5,12H,6H2,1-2H3. The first-order valence-corrected chi connectivity index (χ1v) is 5.37. The largest absolute Gasteiger partial charge is 0.495 e. The van der Waals surface area contributed by atoms with Gasteiger partial charge in [0.25, 0.3) is 0 Å². The number of tetrazole rings is 1. The van der Waals surface area contributed by atoms with Crippen molar-refractivity contribution in [1.29, 1.82) is 0 Å². The van der Waals surface area contributed by atoms with Gasteiger partial charge in [-0.2, -0.15) is 4.80 Å². The summed E-state index contributed by atoms with van der Waals surface area (Å²) in [6, 6.07) is 5.46. The van der Waals surface area contributed by atoms with Crippen molar-refractivity contribution < 1.29 is 4.74 Å². The van der Waals surface area contributed by atoms with E-state index in [0.717, 1.165) is 5.69 Å². The minimum Gasteiger partial charge on any atom is -0.495 e. The molecule has 2 aromatic rings. The molecule has 0 aliphatic rings. The topological polar surface area (TPSA) is 64.9 Å². The van der Waals surface area contributed by atoms with Gasteiger partial charge in [-0.1, -0.05) is 11.6 Å². The van der Waals surface area contributed by atoms with Gasteiger partial charge in [0.2, 0.25) is 0 Å². The predicted molar refractivity (Wildman–Crippen MR) is 64.1 cm³/mol. The van der Waals surface area contributed by atoms with Gasteiger partial charge >= 0.3 is 0 Å². The lowest BCUT2D eigenvalue weighted by atomic mass is 10.3. The van der Waals surface area contributed by atoms with Crippen LogP contribution in [0, 0.1) is 0 Å². The van der Waals surface area contributed by atoms with Crippen LogP contribution in [-0.4, -0.2) is 27.3 Å². The second-order valence-electron chi connectivity index (χ2n) is 3.40. The molecule has 0 aliphatic carbocycles. The third-order valence-corrected chi connectivity index (χ3v) is 2.45. The Kier molecular flexibility index (Phi) is 3.43. The highest BCUT2D eigenvalue weighted by Crippen LogP contribution is 2.27. The zero-order valence-corrected chi connectivity index (χ0v) is 10.3. The number of aryl methyl sites for hydroxylation is 1. The zero-order valence-electron chi connectivity index (χ0n) is 9.51. The highest BCUT2D eigenvalue weighted by atomic mass is 35.5. The van der Waals surface area contributed by atoms with Crippen LogP contribution in [0.1, 0.15) is 5.82 Å². The maximum Gasteiger partial charge on any atom is 0.193 e. The fraction of sp³-hybridized carbons (Fsp3) is 0.300. The van der Waals surface area contributed by atoms with E-state index in [2.05, 4.69) is 20.7 Å². The SMILES string of the molecule is COc1ccc(NCc2nnn(C)n2)cc1Cl. The first-order valence-electron chi connectivity index (χ1n) is 4.99. The summed E-state index contributed by atoms with van der Waals surface area (Å²) < 4.78 is 5.07. The summed E-state index contributed by atoms with van der Waals surface area (Å²) in [4.78, 5) is 1.41. The molecule has 0 spiro atoms. The van der Waals surface area contributed by atoms with Gasteiger partial charge in [0.05, 0.1) is 25.7 Å². The van der Waals surface area contributed by atoms with Gasteiger partial charge in [0.1, 0.15) is 5.75 Å². The molecule has 0 aliphatic heterocycles. The fourth-order valence-electron chi connectivity index (χ4n) is 1.35. The van der Waals surface area contributed by atoms with E-state index in [-0.39, 0.29) is 0 Å². The Hall–Kier alpha value is -1.82. The monoisotopic (exact) mass is 253 g/mol. The molecule has 0 radical (unpaired) electrons. The number of methoxy groups -OCH3 is 1. The molecular formula is C10H12ClN5O. The summed E-state index contributed by atoms with van der Waals surface area (Å²) in [7, 11) is 3.30. The average Bonchev–Trinajstić information content (AvgIpc) is 2.73.